The Hall–Kier alpha value is -2.37. The molecule has 1 atom stereocenters. The van der Waals surface area contributed by atoms with E-state index in [0.29, 0.717) is 22.0 Å². The van der Waals surface area contributed by atoms with E-state index in [1.54, 1.807) is 0 Å². The van der Waals surface area contributed by atoms with Gasteiger partial charge < -0.3 is 10.2 Å². The standard InChI is InChI=1S/C19H19ClN4O/c20-18-17-10-14(6-7-16(17)19(25)23-22-18)24(15-8-9-21-11-15)12-13-4-2-1-3-5-13/h1-7,10,15,21H,8-9,11-12H2,(H,23,25). The quantitative estimate of drug-likeness (QED) is 0.756. The normalized spacial score (nSPS) is 17.1. The summed E-state index contributed by atoms with van der Waals surface area (Å²) in [5, 5.41) is 11.3. The van der Waals surface area contributed by atoms with Gasteiger partial charge in [0, 0.05) is 30.2 Å². The van der Waals surface area contributed by atoms with Crippen LogP contribution in [0.1, 0.15) is 12.0 Å². The van der Waals surface area contributed by atoms with E-state index >= 15 is 0 Å². The summed E-state index contributed by atoms with van der Waals surface area (Å²) in [7, 11) is 0. The third-order valence-corrected chi connectivity index (χ3v) is 5.02. The van der Waals surface area contributed by atoms with Crippen molar-refractivity contribution < 1.29 is 0 Å². The molecule has 0 amide bonds. The van der Waals surface area contributed by atoms with Crippen molar-refractivity contribution in [3.63, 3.8) is 0 Å². The van der Waals surface area contributed by atoms with Gasteiger partial charge in [0.15, 0.2) is 5.15 Å². The molecule has 4 rings (SSSR count). The highest BCUT2D eigenvalue weighted by molar-refractivity contribution is 6.34. The zero-order valence-corrected chi connectivity index (χ0v) is 14.5. The summed E-state index contributed by atoms with van der Waals surface area (Å²) >= 11 is 6.21. The summed E-state index contributed by atoms with van der Waals surface area (Å²) in [5.41, 5.74) is 2.09. The van der Waals surface area contributed by atoms with E-state index in [2.05, 4.69) is 44.7 Å². The molecule has 0 saturated carbocycles. The van der Waals surface area contributed by atoms with Gasteiger partial charge in [-0.25, -0.2) is 5.10 Å². The summed E-state index contributed by atoms with van der Waals surface area (Å²) in [5.74, 6) is 0. The number of hydrogen-bond donors (Lipinski definition) is 2. The maximum Gasteiger partial charge on any atom is 0.272 e. The lowest BCUT2D eigenvalue weighted by Gasteiger charge is -2.31. The molecule has 6 heteroatoms. The fraction of sp³-hybridized carbons (Fsp3) is 0.263. The summed E-state index contributed by atoms with van der Waals surface area (Å²) in [4.78, 5) is 14.3. The minimum Gasteiger partial charge on any atom is -0.363 e. The van der Waals surface area contributed by atoms with Crippen molar-refractivity contribution in [2.75, 3.05) is 18.0 Å². The molecule has 128 valence electrons. The SMILES string of the molecule is O=c1[nH]nc(Cl)c2cc(N(Cc3ccccc3)C3CCNC3)ccc12. The first-order valence-electron chi connectivity index (χ1n) is 8.41. The highest BCUT2D eigenvalue weighted by atomic mass is 35.5. The number of nitrogens with zero attached hydrogens (tertiary/aromatic N) is 2. The smallest absolute Gasteiger partial charge is 0.272 e. The molecule has 25 heavy (non-hydrogen) atoms. The van der Waals surface area contributed by atoms with E-state index in [4.69, 9.17) is 11.6 Å². The first-order chi connectivity index (χ1) is 12.2. The molecule has 3 aromatic rings. The number of aromatic nitrogens is 2. The average molecular weight is 355 g/mol. The van der Waals surface area contributed by atoms with Crippen molar-refractivity contribution in [1.82, 2.24) is 15.5 Å². The molecule has 1 fully saturated rings. The second kappa shape index (κ2) is 6.86. The lowest BCUT2D eigenvalue weighted by atomic mass is 10.1. The highest BCUT2D eigenvalue weighted by Crippen LogP contribution is 2.28. The van der Waals surface area contributed by atoms with Gasteiger partial charge in [-0.15, -0.1) is 0 Å². The summed E-state index contributed by atoms with van der Waals surface area (Å²) in [6.07, 6.45) is 1.09. The van der Waals surface area contributed by atoms with Gasteiger partial charge in [0.2, 0.25) is 0 Å². The first kappa shape index (κ1) is 16.1. The van der Waals surface area contributed by atoms with Gasteiger partial charge in [-0.05, 0) is 36.7 Å². The van der Waals surface area contributed by atoms with Gasteiger partial charge in [-0.2, -0.15) is 5.10 Å². The number of nitrogens with one attached hydrogen (secondary N) is 2. The molecule has 1 unspecified atom stereocenters. The van der Waals surface area contributed by atoms with Gasteiger partial charge >= 0.3 is 0 Å². The molecule has 2 N–H and O–H groups in total. The van der Waals surface area contributed by atoms with Gasteiger partial charge in [0.05, 0.1) is 5.39 Å². The number of rotatable bonds is 4. The fourth-order valence-electron chi connectivity index (χ4n) is 3.42. The summed E-state index contributed by atoms with van der Waals surface area (Å²) in [6, 6.07) is 16.6. The van der Waals surface area contributed by atoms with Crippen LogP contribution in [-0.2, 0) is 6.54 Å². The van der Waals surface area contributed by atoms with Crippen LogP contribution in [0.5, 0.6) is 0 Å². The molecule has 1 aromatic heterocycles. The Balaban J connectivity index is 1.77. The van der Waals surface area contributed by atoms with E-state index in [1.165, 1.54) is 5.56 Å². The molecule has 1 aliphatic rings. The number of hydrogen-bond acceptors (Lipinski definition) is 4. The van der Waals surface area contributed by atoms with Crippen molar-refractivity contribution in [2.24, 2.45) is 0 Å². The second-order valence-corrected chi connectivity index (χ2v) is 6.69. The summed E-state index contributed by atoms with van der Waals surface area (Å²) in [6.45, 7) is 2.78. The largest absolute Gasteiger partial charge is 0.363 e. The molecule has 5 nitrogen and oxygen atoms in total. The van der Waals surface area contributed by atoms with Crippen molar-refractivity contribution in [3.05, 3.63) is 69.6 Å². The Morgan fingerprint density at radius 2 is 2.00 bits per heavy atom. The molecule has 1 saturated heterocycles. The molecule has 1 aliphatic heterocycles. The van der Waals surface area contributed by atoms with Crippen LogP contribution in [0.25, 0.3) is 10.8 Å². The minimum atomic E-state index is -0.219. The van der Waals surface area contributed by atoms with Gasteiger partial charge in [-0.3, -0.25) is 4.79 Å². The topological polar surface area (TPSA) is 61.0 Å². The Labute approximate surface area is 150 Å². The van der Waals surface area contributed by atoms with Crippen molar-refractivity contribution in [3.8, 4) is 0 Å². The monoisotopic (exact) mass is 354 g/mol. The molecule has 2 aromatic carbocycles. The molecule has 2 heterocycles. The van der Waals surface area contributed by atoms with Crippen molar-refractivity contribution in [2.45, 2.75) is 19.0 Å². The number of benzene rings is 2. The predicted molar refractivity (Wildman–Crippen MR) is 101 cm³/mol. The maximum atomic E-state index is 12.0. The lowest BCUT2D eigenvalue weighted by Crippen LogP contribution is -2.36. The van der Waals surface area contributed by atoms with Crippen molar-refractivity contribution >= 4 is 28.1 Å². The van der Waals surface area contributed by atoms with Crippen molar-refractivity contribution in [1.29, 1.82) is 0 Å². The number of halogens is 1. The number of aromatic amines is 1. The third-order valence-electron chi connectivity index (χ3n) is 4.73. The Morgan fingerprint density at radius 3 is 2.76 bits per heavy atom. The molecular weight excluding hydrogens is 336 g/mol. The zero-order valence-electron chi connectivity index (χ0n) is 13.7. The molecule has 0 radical (unpaired) electrons. The molecule has 0 bridgehead atoms. The highest BCUT2D eigenvalue weighted by Gasteiger charge is 2.23. The first-order valence-corrected chi connectivity index (χ1v) is 8.79. The molecule has 0 spiro atoms. The zero-order chi connectivity index (χ0) is 17.2. The lowest BCUT2D eigenvalue weighted by molar-refractivity contribution is 0.631. The van der Waals surface area contributed by atoms with Crippen LogP contribution in [0.15, 0.2) is 53.3 Å². The average Bonchev–Trinajstić information content (AvgIpc) is 3.18. The van der Waals surface area contributed by atoms with Crippen LogP contribution in [0.2, 0.25) is 5.15 Å². The van der Waals surface area contributed by atoms with E-state index in [0.717, 1.165) is 31.7 Å². The van der Waals surface area contributed by atoms with Crippen LogP contribution in [0.3, 0.4) is 0 Å². The fourth-order valence-corrected chi connectivity index (χ4v) is 3.62. The third kappa shape index (κ3) is 3.25. The minimum absolute atomic E-state index is 0.219. The van der Waals surface area contributed by atoms with Crippen LogP contribution in [0.4, 0.5) is 5.69 Å². The van der Waals surface area contributed by atoms with Crippen LogP contribution < -0.4 is 15.8 Å². The predicted octanol–water partition coefficient (Wildman–Crippen LogP) is 2.95. The van der Waals surface area contributed by atoms with Crippen LogP contribution in [-0.4, -0.2) is 29.3 Å². The van der Waals surface area contributed by atoms with E-state index in [1.807, 2.05) is 24.3 Å². The molecular formula is C19H19ClN4O. The summed E-state index contributed by atoms with van der Waals surface area (Å²) < 4.78 is 0. The van der Waals surface area contributed by atoms with E-state index in [9.17, 15) is 4.79 Å². The Bertz CT molecular complexity index is 935. The Kier molecular flexibility index (Phi) is 4.42. The second-order valence-electron chi connectivity index (χ2n) is 6.33. The van der Waals surface area contributed by atoms with E-state index in [-0.39, 0.29) is 5.56 Å². The van der Waals surface area contributed by atoms with Gasteiger partial charge in [0.1, 0.15) is 0 Å². The van der Waals surface area contributed by atoms with Gasteiger partial charge in [0.25, 0.3) is 5.56 Å². The Morgan fingerprint density at radius 1 is 1.16 bits per heavy atom. The number of anilines is 1. The van der Waals surface area contributed by atoms with E-state index < -0.39 is 0 Å². The van der Waals surface area contributed by atoms with Crippen LogP contribution in [0, 0.1) is 0 Å². The molecule has 0 aliphatic carbocycles. The van der Waals surface area contributed by atoms with Gasteiger partial charge in [-0.1, -0.05) is 41.9 Å². The number of H-pyrrole nitrogens is 1. The maximum absolute atomic E-state index is 12.0. The van der Waals surface area contributed by atoms with Crippen LogP contribution >= 0.6 is 11.6 Å². The number of fused-ring (bicyclic) bond motifs is 1.